The van der Waals surface area contributed by atoms with Crippen LogP contribution < -0.4 is 4.74 Å². The summed E-state index contributed by atoms with van der Waals surface area (Å²) in [5.41, 5.74) is 2.65. The molecular weight excluding hydrogens is 262 g/mol. The standard InChI is InChI=1S/C14H12ClN3O/c15-7-9-19-11-5-3-10(4-6-11)13-17-12-2-1-8-16-14(12)18-13/h1-6,8H,7,9H2,(H,16,17,18). The van der Waals surface area contributed by atoms with Crippen LogP contribution in [0.1, 0.15) is 0 Å². The van der Waals surface area contributed by atoms with E-state index in [0.29, 0.717) is 12.5 Å². The summed E-state index contributed by atoms with van der Waals surface area (Å²) in [6, 6.07) is 11.6. The van der Waals surface area contributed by atoms with Gasteiger partial charge in [0.05, 0.1) is 11.4 Å². The van der Waals surface area contributed by atoms with Crippen molar-refractivity contribution < 1.29 is 4.74 Å². The van der Waals surface area contributed by atoms with Gasteiger partial charge in [0.15, 0.2) is 5.65 Å². The number of nitrogens with zero attached hydrogens (tertiary/aromatic N) is 2. The van der Waals surface area contributed by atoms with Crippen molar-refractivity contribution >= 4 is 22.8 Å². The van der Waals surface area contributed by atoms with Crippen molar-refractivity contribution in [3.05, 3.63) is 42.6 Å². The Labute approximate surface area is 115 Å². The number of aromatic nitrogens is 3. The molecule has 0 amide bonds. The summed E-state index contributed by atoms with van der Waals surface area (Å²) in [5.74, 6) is 2.09. The molecule has 0 atom stereocenters. The van der Waals surface area contributed by atoms with Crippen molar-refractivity contribution in [2.45, 2.75) is 0 Å². The van der Waals surface area contributed by atoms with Crippen LogP contribution in [-0.4, -0.2) is 27.4 Å². The molecule has 4 nitrogen and oxygen atoms in total. The number of rotatable bonds is 4. The van der Waals surface area contributed by atoms with Gasteiger partial charge in [0.2, 0.25) is 0 Å². The molecule has 0 fully saturated rings. The quantitative estimate of drug-likeness (QED) is 0.743. The van der Waals surface area contributed by atoms with E-state index in [1.807, 2.05) is 36.4 Å². The van der Waals surface area contributed by atoms with Gasteiger partial charge in [-0.3, -0.25) is 0 Å². The number of nitrogens with one attached hydrogen (secondary N) is 1. The molecule has 2 heterocycles. The summed E-state index contributed by atoms with van der Waals surface area (Å²) >= 11 is 5.58. The third-order valence-corrected chi connectivity index (χ3v) is 2.89. The Morgan fingerprint density at radius 2 is 2.00 bits per heavy atom. The number of fused-ring (bicyclic) bond motifs is 1. The maximum Gasteiger partial charge on any atom is 0.178 e. The summed E-state index contributed by atoms with van der Waals surface area (Å²) in [7, 11) is 0. The minimum Gasteiger partial charge on any atom is -0.492 e. The maximum absolute atomic E-state index is 5.58. The van der Waals surface area contributed by atoms with E-state index in [4.69, 9.17) is 16.3 Å². The number of aromatic amines is 1. The van der Waals surface area contributed by atoms with Gasteiger partial charge >= 0.3 is 0 Å². The zero-order valence-corrected chi connectivity index (χ0v) is 10.9. The predicted octanol–water partition coefficient (Wildman–Crippen LogP) is 3.24. The first-order chi connectivity index (χ1) is 9.36. The molecule has 1 aromatic carbocycles. The third-order valence-electron chi connectivity index (χ3n) is 2.73. The highest BCUT2D eigenvalue weighted by Gasteiger charge is 2.05. The number of hydrogen-bond donors (Lipinski definition) is 1. The van der Waals surface area contributed by atoms with Gasteiger partial charge in [-0.25, -0.2) is 9.97 Å². The second-order valence-corrected chi connectivity index (χ2v) is 4.40. The fourth-order valence-corrected chi connectivity index (χ4v) is 1.92. The van der Waals surface area contributed by atoms with Crippen LogP contribution in [0.2, 0.25) is 0 Å². The van der Waals surface area contributed by atoms with Gasteiger partial charge in [0.25, 0.3) is 0 Å². The highest BCUT2D eigenvalue weighted by atomic mass is 35.5. The third kappa shape index (κ3) is 2.53. The van der Waals surface area contributed by atoms with Crippen LogP contribution in [0, 0.1) is 0 Å². The molecule has 1 N–H and O–H groups in total. The molecule has 0 saturated carbocycles. The Bertz CT molecular complexity index is 645. The molecule has 0 unspecified atom stereocenters. The fraction of sp³-hybridized carbons (Fsp3) is 0.143. The van der Waals surface area contributed by atoms with Crippen molar-refractivity contribution in [2.24, 2.45) is 0 Å². The van der Waals surface area contributed by atoms with Gasteiger partial charge in [-0.05, 0) is 36.4 Å². The molecule has 96 valence electrons. The number of pyridine rings is 1. The molecule has 2 aromatic heterocycles. The molecule has 0 bridgehead atoms. The zero-order chi connectivity index (χ0) is 13.1. The van der Waals surface area contributed by atoms with Crippen molar-refractivity contribution in [3.8, 4) is 17.1 Å². The summed E-state index contributed by atoms with van der Waals surface area (Å²) in [4.78, 5) is 11.9. The Kier molecular flexibility index (Phi) is 3.33. The van der Waals surface area contributed by atoms with Crippen LogP contribution in [0.25, 0.3) is 22.6 Å². The van der Waals surface area contributed by atoms with Crippen LogP contribution in [0.15, 0.2) is 42.6 Å². The number of hydrogen-bond acceptors (Lipinski definition) is 3. The monoisotopic (exact) mass is 273 g/mol. The van der Waals surface area contributed by atoms with Gasteiger partial charge in [0, 0.05) is 11.8 Å². The van der Waals surface area contributed by atoms with E-state index in [-0.39, 0.29) is 0 Å². The lowest BCUT2D eigenvalue weighted by Gasteiger charge is -2.04. The van der Waals surface area contributed by atoms with E-state index >= 15 is 0 Å². The molecule has 3 aromatic rings. The average molecular weight is 274 g/mol. The Hall–Kier alpha value is -2.07. The summed E-state index contributed by atoms with van der Waals surface area (Å²) in [5, 5.41) is 0. The van der Waals surface area contributed by atoms with E-state index in [2.05, 4.69) is 15.0 Å². The molecule has 19 heavy (non-hydrogen) atoms. The first-order valence-electron chi connectivity index (χ1n) is 5.97. The van der Waals surface area contributed by atoms with Crippen LogP contribution in [0.5, 0.6) is 5.75 Å². The van der Waals surface area contributed by atoms with Crippen LogP contribution >= 0.6 is 11.6 Å². The molecule has 3 rings (SSSR count). The van der Waals surface area contributed by atoms with Gasteiger partial charge in [0.1, 0.15) is 18.2 Å². The van der Waals surface area contributed by atoms with Crippen molar-refractivity contribution in [1.82, 2.24) is 15.0 Å². The maximum atomic E-state index is 5.58. The molecule has 0 saturated heterocycles. The largest absolute Gasteiger partial charge is 0.492 e. The second-order valence-electron chi connectivity index (χ2n) is 4.02. The van der Waals surface area contributed by atoms with E-state index < -0.39 is 0 Å². The minimum absolute atomic E-state index is 0.483. The minimum atomic E-state index is 0.483. The van der Waals surface area contributed by atoms with E-state index in [0.717, 1.165) is 28.3 Å². The van der Waals surface area contributed by atoms with Crippen molar-refractivity contribution in [2.75, 3.05) is 12.5 Å². The summed E-state index contributed by atoms with van der Waals surface area (Å²) < 4.78 is 5.43. The topological polar surface area (TPSA) is 50.8 Å². The molecular formula is C14H12ClN3O. The normalized spacial score (nSPS) is 10.8. The fourth-order valence-electron chi connectivity index (χ4n) is 1.85. The predicted molar refractivity (Wildman–Crippen MR) is 75.5 cm³/mol. The molecule has 0 aliphatic heterocycles. The lowest BCUT2D eigenvalue weighted by Crippen LogP contribution is -1.97. The van der Waals surface area contributed by atoms with Crippen LogP contribution in [0.3, 0.4) is 0 Å². The number of H-pyrrole nitrogens is 1. The number of ether oxygens (including phenoxy) is 1. The van der Waals surface area contributed by atoms with E-state index in [1.165, 1.54) is 0 Å². The summed E-state index contributed by atoms with van der Waals surface area (Å²) in [6.07, 6.45) is 1.73. The molecule has 0 radical (unpaired) electrons. The number of halogens is 1. The molecule has 0 aliphatic carbocycles. The zero-order valence-electron chi connectivity index (χ0n) is 10.1. The highest BCUT2D eigenvalue weighted by molar-refractivity contribution is 6.18. The lowest BCUT2D eigenvalue weighted by molar-refractivity contribution is 0.343. The molecule has 0 aliphatic rings. The Balaban J connectivity index is 1.88. The van der Waals surface area contributed by atoms with Crippen LogP contribution in [-0.2, 0) is 0 Å². The SMILES string of the molecule is ClCCOc1ccc(-c2nc3ncccc3[nH]2)cc1. The van der Waals surface area contributed by atoms with Crippen LogP contribution in [0.4, 0.5) is 0 Å². The van der Waals surface area contributed by atoms with Gasteiger partial charge in [-0.2, -0.15) is 0 Å². The second kappa shape index (κ2) is 5.28. The van der Waals surface area contributed by atoms with Crippen molar-refractivity contribution in [3.63, 3.8) is 0 Å². The first-order valence-corrected chi connectivity index (χ1v) is 6.50. The number of benzene rings is 1. The molecule has 0 spiro atoms. The van der Waals surface area contributed by atoms with E-state index in [9.17, 15) is 0 Å². The lowest BCUT2D eigenvalue weighted by atomic mass is 10.2. The van der Waals surface area contributed by atoms with Gasteiger partial charge < -0.3 is 9.72 Å². The number of alkyl halides is 1. The first kappa shape index (κ1) is 12.0. The Morgan fingerprint density at radius 1 is 1.16 bits per heavy atom. The van der Waals surface area contributed by atoms with Gasteiger partial charge in [-0.15, -0.1) is 11.6 Å². The number of imidazole rings is 1. The molecule has 5 heteroatoms. The highest BCUT2D eigenvalue weighted by Crippen LogP contribution is 2.21. The van der Waals surface area contributed by atoms with Crippen molar-refractivity contribution in [1.29, 1.82) is 0 Å². The summed E-state index contributed by atoms with van der Waals surface area (Å²) in [6.45, 7) is 0.509. The Morgan fingerprint density at radius 3 is 2.74 bits per heavy atom. The smallest absolute Gasteiger partial charge is 0.178 e. The van der Waals surface area contributed by atoms with E-state index in [1.54, 1.807) is 6.20 Å². The van der Waals surface area contributed by atoms with Gasteiger partial charge in [-0.1, -0.05) is 0 Å². The average Bonchev–Trinajstić information content (AvgIpc) is 2.89.